The van der Waals surface area contributed by atoms with Crippen LogP contribution >= 0.6 is 12.4 Å². The highest BCUT2D eigenvalue weighted by atomic mass is 35.5. The summed E-state index contributed by atoms with van der Waals surface area (Å²) in [5.41, 5.74) is 12.2. The van der Waals surface area contributed by atoms with Crippen molar-refractivity contribution >= 4 is 29.1 Å². The van der Waals surface area contributed by atoms with E-state index in [1.54, 1.807) is 12.4 Å². The van der Waals surface area contributed by atoms with Gasteiger partial charge in [0.2, 0.25) is 0 Å². The molecule has 3 aromatic rings. The zero-order valence-electron chi connectivity index (χ0n) is 14.3. The molecule has 0 aliphatic carbocycles. The van der Waals surface area contributed by atoms with Gasteiger partial charge >= 0.3 is 0 Å². The highest BCUT2D eigenvalue weighted by Crippen LogP contribution is 2.30. The number of fused-ring (bicyclic) bond motifs is 1. The smallest absolute Gasteiger partial charge is 0.0907 e. The molecular formula is C20H23ClN4. The standard InChI is InChI=1S/C20H22N4.ClH/c1-14-2-4-15(5-3-14)12-16-8-11-24(20(16)21)17-6-7-18-19(13-17)23-10-9-22-18;/h2-7,9-10,13,16,20H,8,11-12,21H2,1H3;1H. The van der Waals surface area contributed by atoms with Crippen molar-refractivity contribution in [2.75, 3.05) is 11.4 Å². The van der Waals surface area contributed by atoms with Crippen molar-refractivity contribution in [2.45, 2.75) is 25.9 Å². The fourth-order valence-electron chi connectivity index (χ4n) is 3.56. The number of aromatic nitrogens is 2. The van der Waals surface area contributed by atoms with E-state index in [4.69, 9.17) is 5.73 Å². The van der Waals surface area contributed by atoms with Gasteiger partial charge in [-0.2, -0.15) is 0 Å². The Morgan fingerprint density at radius 2 is 1.76 bits per heavy atom. The number of aryl methyl sites for hydroxylation is 1. The van der Waals surface area contributed by atoms with Crippen LogP contribution in [0.4, 0.5) is 5.69 Å². The summed E-state index contributed by atoms with van der Waals surface area (Å²) in [5, 5.41) is 0. The summed E-state index contributed by atoms with van der Waals surface area (Å²) < 4.78 is 0. The molecule has 0 spiro atoms. The van der Waals surface area contributed by atoms with Crippen molar-refractivity contribution in [2.24, 2.45) is 11.7 Å². The molecule has 4 rings (SSSR count). The molecule has 2 aromatic carbocycles. The number of hydrogen-bond acceptors (Lipinski definition) is 4. The maximum absolute atomic E-state index is 6.57. The molecule has 0 saturated carbocycles. The highest BCUT2D eigenvalue weighted by Gasteiger charge is 2.31. The lowest BCUT2D eigenvalue weighted by atomic mass is 9.96. The third-order valence-corrected chi connectivity index (χ3v) is 4.99. The monoisotopic (exact) mass is 354 g/mol. The average molecular weight is 355 g/mol. The van der Waals surface area contributed by atoms with Gasteiger partial charge in [0.15, 0.2) is 0 Å². The predicted molar refractivity (Wildman–Crippen MR) is 105 cm³/mol. The Kier molecular flexibility index (Phi) is 5.21. The van der Waals surface area contributed by atoms with Gasteiger partial charge in [-0.05, 0) is 49.4 Å². The van der Waals surface area contributed by atoms with E-state index in [1.807, 2.05) is 6.07 Å². The maximum atomic E-state index is 6.57. The van der Waals surface area contributed by atoms with Gasteiger partial charge in [-0.3, -0.25) is 9.97 Å². The lowest BCUT2D eigenvalue weighted by molar-refractivity contribution is 0.479. The van der Waals surface area contributed by atoms with Crippen molar-refractivity contribution in [3.8, 4) is 0 Å². The van der Waals surface area contributed by atoms with Gasteiger partial charge in [0.25, 0.3) is 0 Å². The van der Waals surface area contributed by atoms with E-state index in [9.17, 15) is 0 Å². The summed E-state index contributed by atoms with van der Waals surface area (Å²) in [5.74, 6) is 0.477. The summed E-state index contributed by atoms with van der Waals surface area (Å²) in [7, 11) is 0. The minimum atomic E-state index is 0. The van der Waals surface area contributed by atoms with Crippen LogP contribution in [0.3, 0.4) is 0 Å². The molecule has 0 radical (unpaired) electrons. The fourth-order valence-corrected chi connectivity index (χ4v) is 3.56. The number of anilines is 1. The molecule has 25 heavy (non-hydrogen) atoms. The topological polar surface area (TPSA) is 55.0 Å². The molecule has 2 unspecified atom stereocenters. The molecule has 2 heterocycles. The molecule has 130 valence electrons. The molecule has 1 saturated heterocycles. The van der Waals surface area contributed by atoms with E-state index in [0.29, 0.717) is 5.92 Å². The van der Waals surface area contributed by atoms with Crippen LogP contribution in [0.2, 0.25) is 0 Å². The lowest BCUT2D eigenvalue weighted by Gasteiger charge is -2.26. The first-order valence-electron chi connectivity index (χ1n) is 8.49. The third kappa shape index (κ3) is 3.60. The zero-order valence-corrected chi connectivity index (χ0v) is 15.1. The van der Waals surface area contributed by atoms with Crippen LogP contribution in [0.5, 0.6) is 0 Å². The minimum Gasteiger partial charge on any atom is -0.356 e. The first-order chi connectivity index (χ1) is 11.7. The zero-order chi connectivity index (χ0) is 16.5. The SMILES string of the molecule is Cc1ccc(CC2CCN(c3ccc4nccnc4c3)C2N)cc1.Cl. The fraction of sp³-hybridized carbons (Fsp3) is 0.300. The Balaban J connectivity index is 0.00000182. The first-order valence-corrected chi connectivity index (χ1v) is 8.49. The second-order valence-electron chi connectivity index (χ2n) is 6.65. The van der Waals surface area contributed by atoms with Gasteiger partial charge in [-0.1, -0.05) is 29.8 Å². The largest absolute Gasteiger partial charge is 0.356 e. The van der Waals surface area contributed by atoms with Gasteiger partial charge in [0, 0.05) is 24.6 Å². The highest BCUT2D eigenvalue weighted by molar-refractivity contribution is 5.85. The Morgan fingerprint density at radius 1 is 1.04 bits per heavy atom. The van der Waals surface area contributed by atoms with Crippen LogP contribution < -0.4 is 10.6 Å². The maximum Gasteiger partial charge on any atom is 0.0907 e. The van der Waals surface area contributed by atoms with Gasteiger partial charge in [0.05, 0.1) is 17.2 Å². The summed E-state index contributed by atoms with van der Waals surface area (Å²) in [4.78, 5) is 11.0. The van der Waals surface area contributed by atoms with Crippen LogP contribution in [-0.4, -0.2) is 22.7 Å². The Labute approximate surface area is 154 Å². The van der Waals surface area contributed by atoms with Crippen LogP contribution in [0.25, 0.3) is 11.0 Å². The van der Waals surface area contributed by atoms with E-state index in [0.717, 1.165) is 36.1 Å². The van der Waals surface area contributed by atoms with Gasteiger partial charge in [-0.15, -0.1) is 12.4 Å². The minimum absolute atomic E-state index is 0. The van der Waals surface area contributed by atoms with Crippen molar-refractivity contribution in [3.63, 3.8) is 0 Å². The molecule has 1 fully saturated rings. The molecular weight excluding hydrogens is 332 g/mol. The number of rotatable bonds is 3. The lowest BCUT2D eigenvalue weighted by Crippen LogP contribution is -2.41. The van der Waals surface area contributed by atoms with E-state index in [-0.39, 0.29) is 18.6 Å². The number of halogens is 1. The predicted octanol–water partition coefficient (Wildman–Crippen LogP) is 3.71. The Hall–Kier alpha value is -2.17. The van der Waals surface area contributed by atoms with Crippen LogP contribution in [0.1, 0.15) is 17.5 Å². The molecule has 0 amide bonds. The average Bonchev–Trinajstić information content (AvgIpc) is 2.97. The van der Waals surface area contributed by atoms with Crippen molar-refractivity contribution in [1.82, 2.24) is 9.97 Å². The molecule has 1 aromatic heterocycles. The second-order valence-corrected chi connectivity index (χ2v) is 6.65. The Morgan fingerprint density at radius 3 is 2.52 bits per heavy atom. The number of nitrogens with zero attached hydrogens (tertiary/aromatic N) is 3. The quantitative estimate of drug-likeness (QED) is 0.779. The molecule has 2 atom stereocenters. The van der Waals surface area contributed by atoms with E-state index in [1.165, 1.54) is 11.1 Å². The van der Waals surface area contributed by atoms with Crippen molar-refractivity contribution in [1.29, 1.82) is 0 Å². The molecule has 5 heteroatoms. The van der Waals surface area contributed by atoms with Gasteiger partial charge < -0.3 is 10.6 Å². The number of benzene rings is 2. The number of nitrogens with two attached hydrogens (primary N) is 1. The molecule has 0 bridgehead atoms. The molecule has 1 aliphatic heterocycles. The molecule has 4 nitrogen and oxygen atoms in total. The first kappa shape index (κ1) is 17.6. The van der Waals surface area contributed by atoms with Crippen LogP contribution in [-0.2, 0) is 6.42 Å². The van der Waals surface area contributed by atoms with Crippen LogP contribution in [0.15, 0.2) is 54.9 Å². The van der Waals surface area contributed by atoms with E-state index >= 15 is 0 Å². The summed E-state index contributed by atoms with van der Waals surface area (Å²) in [6.07, 6.45) is 5.65. The third-order valence-electron chi connectivity index (χ3n) is 4.99. The van der Waals surface area contributed by atoms with E-state index in [2.05, 4.69) is 58.2 Å². The summed E-state index contributed by atoms with van der Waals surface area (Å²) in [6, 6.07) is 15.0. The van der Waals surface area contributed by atoms with Crippen molar-refractivity contribution in [3.05, 3.63) is 66.0 Å². The van der Waals surface area contributed by atoms with Crippen LogP contribution in [0, 0.1) is 12.8 Å². The molecule has 2 N–H and O–H groups in total. The van der Waals surface area contributed by atoms with Gasteiger partial charge in [-0.25, -0.2) is 0 Å². The Bertz CT molecular complexity index is 850. The van der Waals surface area contributed by atoms with Crippen molar-refractivity contribution < 1.29 is 0 Å². The summed E-state index contributed by atoms with van der Waals surface area (Å²) in [6.45, 7) is 3.11. The molecule has 1 aliphatic rings. The second kappa shape index (κ2) is 7.38. The summed E-state index contributed by atoms with van der Waals surface area (Å²) >= 11 is 0. The normalized spacial score (nSPS) is 19.8. The van der Waals surface area contributed by atoms with Gasteiger partial charge in [0.1, 0.15) is 0 Å². The number of hydrogen-bond donors (Lipinski definition) is 1. The van der Waals surface area contributed by atoms with E-state index < -0.39 is 0 Å².